The highest BCUT2D eigenvalue weighted by atomic mass is 32.2. The van der Waals surface area contributed by atoms with Crippen LogP contribution in [0.4, 0.5) is 0 Å². The van der Waals surface area contributed by atoms with Gasteiger partial charge in [-0.15, -0.1) is 0 Å². The van der Waals surface area contributed by atoms with Crippen molar-refractivity contribution in [1.82, 2.24) is 0 Å². The minimum atomic E-state index is -2.82. The van der Waals surface area contributed by atoms with E-state index in [1.165, 1.54) is 17.8 Å². The van der Waals surface area contributed by atoms with E-state index in [0.717, 1.165) is 12.2 Å². The lowest BCUT2D eigenvalue weighted by Crippen LogP contribution is -2.36. The summed E-state index contributed by atoms with van der Waals surface area (Å²) in [5, 5.41) is 0.517. The van der Waals surface area contributed by atoms with Crippen molar-refractivity contribution in [3.63, 3.8) is 0 Å². The van der Waals surface area contributed by atoms with Gasteiger partial charge in [-0.05, 0) is 12.8 Å². The molecule has 1 heterocycles. The van der Waals surface area contributed by atoms with Crippen LogP contribution in [0.2, 0.25) is 0 Å². The van der Waals surface area contributed by atoms with Crippen LogP contribution in [-0.2, 0) is 9.84 Å². The number of hydrogen-bond donors (Lipinski definition) is 1. The zero-order valence-corrected chi connectivity index (χ0v) is 11.5. The second-order valence-corrected chi connectivity index (χ2v) is 8.68. The molecule has 1 fully saturated rings. The molecule has 90 valence electrons. The van der Waals surface area contributed by atoms with Gasteiger partial charge in [0.2, 0.25) is 0 Å². The topological polar surface area (TPSA) is 60.2 Å². The van der Waals surface area contributed by atoms with Crippen molar-refractivity contribution >= 4 is 33.4 Å². The third-order valence-corrected chi connectivity index (χ3v) is 6.34. The van der Waals surface area contributed by atoms with Crippen molar-refractivity contribution in [3.05, 3.63) is 0 Å². The highest BCUT2D eigenvalue weighted by molar-refractivity contribution is 8.06. The van der Waals surface area contributed by atoms with Crippen molar-refractivity contribution in [2.45, 2.75) is 24.1 Å². The molecule has 2 unspecified atom stereocenters. The molecule has 0 spiro atoms. The maximum atomic E-state index is 10.9. The summed E-state index contributed by atoms with van der Waals surface area (Å²) < 4.78 is 21.9. The van der Waals surface area contributed by atoms with Gasteiger partial charge in [0.05, 0.1) is 0 Å². The zero-order chi connectivity index (χ0) is 11.3. The highest BCUT2D eigenvalue weighted by Gasteiger charge is 2.21. The lowest BCUT2D eigenvalue weighted by Gasteiger charge is -2.26. The standard InChI is InChI=1S/C9H19NO2S3/c1-15(11,12)6-2-3-8(10)9-7-13-4-5-14-9/h8-9H,2-7,10H2,1H3. The summed E-state index contributed by atoms with van der Waals surface area (Å²) in [4.78, 5) is 0. The van der Waals surface area contributed by atoms with Crippen LogP contribution in [0.1, 0.15) is 12.8 Å². The molecule has 1 aliphatic heterocycles. The van der Waals surface area contributed by atoms with Gasteiger partial charge >= 0.3 is 0 Å². The Morgan fingerprint density at radius 1 is 1.47 bits per heavy atom. The lowest BCUT2D eigenvalue weighted by atomic mass is 10.1. The number of sulfone groups is 1. The molecule has 2 atom stereocenters. The van der Waals surface area contributed by atoms with Gasteiger partial charge in [-0.2, -0.15) is 23.5 Å². The number of hydrogen-bond acceptors (Lipinski definition) is 5. The van der Waals surface area contributed by atoms with E-state index in [1.54, 1.807) is 0 Å². The van der Waals surface area contributed by atoms with E-state index in [-0.39, 0.29) is 11.8 Å². The summed E-state index contributed by atoms with van der Waals surface area (Å²) in [7, 11) is -2.82. The Morgan fingerprint density at radius 2 is 2.20 bits per heavy atom. The summed E-state index contributed by atoms with van der Waals surface area (Å²) >= 11 is 3.89. The molecule has 0 bridgehead atoms. The lowest BCUT2D eigenvalue weighted by molar-refractivity contribution is 0.577. The van der Waals surface area contributed by atoms with Gasteiger partial charge < -0.3 is 5.73 Å². The Labute approximate surface area is 101 Å². The average molecular weight is 269 g/mol. The molecule has 1 aliphatic rings. The smallest absolute Gasteiger partial charge is 0.147 e. The van der Waals surface area contributed by atoms with Crippen LogP contribution in [0.15, 0.2) is 0 Å². The van der Waals surface area contributed by atoms with E-state index in [1.807, 2.05) is 23.5 Å². The molecule has 15 heavy (non-hydrogen) atoms. The minimum Gasteiger partial charge on any atom is -0.327 e. The summed E-state index contributed by atoms with van der Waals surface area (Å²) in [5.74, 6) is 3.78. The molecule has 0 saturated carbocycles. The fourth-order valence-corrected chi connectivity index (χ4v) is 5.07. The molecule has 0 aromatic carbocycles. The molecule has 0 amide bonds. The maximum Gasteiger partial charge on any atom is 0.147 e. The van der Waals surface area contributed by atoms with Gasteiger partial charge in [0, 0.05) is 40.6 Å². The fraction of sp³-hybridized carbons (Fsp3) is 1.00. The van der Waals surface area contributed by atoms with Crippen molar-refractivity contribution in [3.8, 4) is 0 Å². The Kier molecular flexibility index (Phi) is 5.81. The summed E-state index contributed by atoms with van der Waals surface area (Å²) in [6.07, 6.45) is 2.80. The fourth-order valence-electron chi connectivity index (χ4n) is 1.52. The Morgan fingerprint density at radius 3 is 2.73 bits per heavy atom. The van der Waals surface area contributed by atoms with Crippen LogP contribution in [-0.4, -0.2) is 49.0 Å². The number of rotatable bonds is 5. The van der Waals surface area contributed by atoms with Crippen LogP contribution < -0.4 is 5.73 Å². The van der Waals surface area contributed by atoms with Gasteiger partial charge in [-0.25, -0.2) is 8.42 Å². The van der Waals surface area contributed by atoms with E-state index in [4.69, 9.17) is 5.73 Å². The maximum absolute atomic E-state index is 10.9. The van der Waals surface area contributed by atoms with Gasteiger partial charge in [-0.1, -0.05) is 0 Å². The molecule has 0 aliphatic carbocycles. The number of thioether (sulfide) groups is 2. The van der Waals surface area contributed by atoms with Gasteiger partial charge in [0.15, 0.2) is 0 Å². The van der Waals surface area contributed by atoms with Crippen LogP contribution in [0.5, 0.6) is 0 Å². The van der Waals surface area contributed by atoms with Gasteiger partial charge in [-0.3, -0.25) is 0 Å². The monoisotopic (exact) mass is 269 g/mol. The first-order valence-electron chi connectivity index (χ1n) is 5.12. The third-order valence-electron chi connectivity index (χ3n) is 2.37. The molecule has 6 heteroatoms. The van der Waals surface area contributed by atoms with Gasteiger partial charge in [0.1, 0.15) is 9.84 Å². The first-order chi connectivity index (χ1) is 6.99. The van der Waals surface area contributed by atoms with E-state index >= 15 is 0 Å². The molecule has 1 rings (SSSR count). The molecular formula is C9H19NO2S3. The first-order valence-corrected chi connectivity index (χ1v) is 9.38. The minimum absolute atomic E-state index is 0.157. The first kappa shape index (κ1) is 13.7. The van der Waals surface area contributed by atoms with Crippen LogP contribution in [0.25, 0.3) is 0 Å². The number of nitrogens with two attached hydrogens (primary N) is 1. The quantitative estimate of drug-likeness (QED) is 0.806. The molecule has 3 nitrogen and oxygen atoms in total. The predicted molar refractivity (Wildman–Crippen MR) is 70.5 cm³/mol. The van der Waals surface area contributed by atoms with Crippen LogP contribution in [0.3, 0.4) is 0 Å². The van der Waals surface area contributed by atoms with Crippen molar-refractivity contribution < 1.29 is 8.42 Å². The Balaban J connectivity index is 2.20. The molecular weight excluding hydrogens is 250 g/mol. The Bertz CT molecular complexity index is 273. The van der Waals surface area contributed by atoms with E-state index in [9.17, 15) is 8.42 Å². The average Bonchev–Trinajstić information content (AvgIpc) is 2.17. The highest BCUT2D eigenvalue weighted by Crippen LogP contribution is 2.27. The van der Waals surface area contributed by atoms with Gasteiger partial charge in [0.25, 0.3) is 0 Å². The normalized spacial score (nSPS) is 25.1. The molecule has 0 aromatic rings. The SMILES string of the molecule is CS(=O)(=O)CCCC(N)C1CSCCS1. The second-order valence-electron chi connectivity index (χ2n) is 3.92. The molecule has 2 N–H and O–H groups in total. The predicted octanol–water partition coefficient (Wildman–Crippen LogP) is 0.987. The molecule has 0 radical (unpaired) electrons. The van der Waals surface area contributed by atoms with Crippen LogP contribution >= 0.6 is 23.5 Å². The van der Waals surface area contributed by atoms with Crippen molar-refractivity contribution in [1.29, 1.82) is 0 Å². The van der Waals surface area contributed by atoms with E-state index in [0.29, 0.717) is 11.7 Å². The largest absolute Gasteiger partial charge is 0.327 e. The molecule has 0 aromatic heterocycles. The summed E-state index contributed by atoms with van der Waals surface area (Å²) in [6, 6.07) is 0.157. The second kappa shape index (κ2) is 6.37. The summed E-state index contributed by atoms with van der Waals surface area (Å²) in [5.41, 5.74) is 6.05. The van der Waals surface area contributed by atoms with Crippen LogP contribution in [0, 0.1) is 0 Å². The third kappa shape index (κ3) is 6.04. The van der Waals surface area contributed by atoms with Crippen molar-refractivity contribution in [2.24, 2.45) is 5.73 Å². The van der Waals surface area contributed by atoms with E-state index in [2.05, 4.69) is 0 Å². The molecule has 1 saturated heterocycles. The summed E-state index contributed by atoms with van der Waals surface area (Å²) in [6.45, 7) is 0. The van der Waals surface area contributed by atoms with Crippen molar-refractivity contribution in [2.75, 3.05) is 29.3 Å². The zero-order valence-electron chi connectivity index (χ0n) is 9.02. The Hall–Kier alpha value is 0.610. The van der Waals surface area contributed by atoms with E-state index < -0.39 is 9.84 Å².